The molecule has 68 valence electrons. The van der Waals surface area contributed by atoms with Gasteiger partial charge in [-0.3, -0.25) is 0 Å². The van der Waals surface area contributed by atoms with E-state index in [0.29, 0.717) is 25.3 Å². The molecule has 0 aromatic carbocycles. The Labute approximate surface area is 73.8 Å². The SMILES string of the molecule is C#CCCCN1CCCS1(=O)=O. The maximum atomic E-state index is 11.2. The first kappa shape index (κ1) is 9.56. The van der Waals surface area contributed by atoms with E-state index in [2.05, 4.69) is 5.92 Å². The Kier molecular flexibility index (Phi) is 3.12. The van der Waals surface area contributed by atoms with Crippen LogP contribution in [0.15, 0.2) is 0 Å². The number of hydrogen-bond acceptors (Lipinski definition) is 2. The van der Waals surface area contributed by atoms with Crippen LogP contribution in [0.1, 0.15) is 19.3 Å². The molecule has 1 aliphatic rings. The van der Waals surface area contributed by atoms with Crippen molar-refractivity contribution >= 4 is 10.0 Å². The molecule has 12 heavy (non-hydrogen) atoms. The van der Waals surface area contributed by atoms with Crippen LogP contribution in [0.3, 0.4) is 0 Å². The zero-order valence-corrected chi connectivity index (χ0v) is 7.81. The summed E-state index contributed by atoms with van der Waals surface area (Å²) in [6.45, 7) is 1.26. The third-order valence-electron chi connectivity index (χ3n) is 1.93. The highest BCUT2D eigenvalue weighted by molar-refractivity contribution is 7.89. The van der Waals surface area contributed by atoms with Gasteiger partial charge < -0.3 is 0 Å². The minimum Gasteiger partial charge on any atom is -0.212 e. The normalized spacial score (nSPS) is 22.2. The van der Waals surface area contributed by atoms with E-state index in [0.717, 1.165) is 12.8 Å². The molecule has 0 unspecified atom stereocenters. The van der Waals surface area contributed by atoms with Crippen LogP contribution in [-0.4, -0.2) is 31.6 Å². The summed E-state index contributed by atoms with van der Waals surface area (Å²) in [5.74, 6) is 2.81. The van der Waals surface area contributed by atoms with Gasteiger partial charge >= 0.3 is 0 Å². The molecule has 0 saturated carbocycles. The second-order valence-corrected chi connectivity index (χ2v) is 4.96. The molecule has 0 N–H and O–H groups in total. The van der Waals surface area contributed by atoms with Crippen LogP contribution in [0.4, 0.5) is 0 Å². The third-order valence-corrected chi connectivity index (χ3v) is 3.89. The van der Waals surface area contributed by atoms with Gasteiger partial charge in [0.2, 0.25) is 10.0 Å². The van der Waals surface area contributed by atoms with E-state index < -0.39 is 10.0 Å². The van der Waals surface area contributed by atoms with E-state index in [1.54, 1.807) is 0 Å². The third kappa shape index (κ3) is 2.23. The van der Waals surface area contributed by atoms with Crippen LogP contribution in [0.5, 0.6) is 0 Å². The minimum absolute atomic E-state index is 0.309. The molecule has 0 atom stereocenters. The van der Waals surface area contributed by atoms with Crippen molar-refractivity contribution in [2.75, 3.05) is 18.8 Å². The minimum atomic E-state index is -2.90. The highest BCUT2D eigenvalue weighted by Gasteiger charge is 2.26. The summed E-state index contributed by atoms with van der Waals surface area (Å²) in [6, 6.07) is 0. The van der Waals surface area contributed by atoms with Gasteiger partial charge in [-0.2, -0.15) is 0 Å². The second kappa shape index (κ2) is 3.92. The summed E-state index contributed by atoms with van der Waals surface area (Å²) in [7, 11) is -2.90. The van der Waals surface area contributed by atoms with Crippen molar-refractivity contribution in [3.8, 4) is 12.3 Å². The fourth-order valence-electron chi connectivity index (χ4n) is 1.30. The van der Waals surface area contributed by atoms with Crippen LogP contribution in [-0.2, 0) is 10.0 Å². The molecule has 1 saturated heterocycles. The summed E-state index contributed by atoms with van der Waals surface area (Å²) < 4.78 is 24.0. The number of unbranched alkanes of at least 4 members (excludes halogenated alkanes) is 1. The van der Waals surface area contributed by atoms with Crippen molar-refractivity contribution in [2.45, 2.75) is 19.3 Å². The maximum Gasteiger partial charge on any atom is 0.214 e. The zero-order valence-electron chi connectivity index (χ0n) is 6.99. The fraction of sp³-hybridized carbons (Fsp3) is 0.750. The Balaban J connectivity index is 2.39. The average Bonchev–Trinajstić information content (AvgIpc) is 2.32. The molecule has 0 aromatic rings. The van der Waals surface area contributed by atoms with Crippen LogP contribution >= 0.6 is 0 Å². The number of sulfonamides is 1. The summed E-state index contributed by atoms with van der Waals surface area (Å²) in [5, 5.41) is 0. The molecular formula is C8H13NO2S. The molecule has 1 heterocycles. The first-order valence-corrected chi connectivity index (χ1v) is 5.69. The molecule has 1 aliphatic heterocycles. The number of nitrogens with zero attached hydrogens (tertiary/aromatic N) is 1. The van der Waals surface area contributed by atoms with Gasteiger partial charge in [0.1, 0.15) is 0 Å². The van der Waals surface area contributed by atoms with Crippen LogP contribution in [0.2, 0.25) is 0 Å². The molecule has 4 heteroatoms. The van der Waals surface area contributed by atoms with Gasteiger partial charge in [0.05, 0.1) is 5.75 Å². The summed E-state index contributed by atoms with van der Waals surface area (Å²) in [6.07, 6.45) is 7.26. The Hall–Kier alpha value is -0.530. The first-order valence-electron chi connectivity index (χ1n) is 4.08. The van der Waals surface area contributed by atoms with Gasteiger partial charge in [0.15, 0.2) is 0 Å². The molecule has 0 amide bonds. The van der Waals surface area contributed by atoms with Crippen LogP contribution < -0.4 is 0 Å². The Morgan fingerprint density at radius 2 is 2.25 bits per heavy atom. The molecule has 3 nitrogen and oxygen atoms in total. The van der Waals surface area contributed by atoms with Crippen molar-refractivity contribution in [2.24, 2.45) is 0 Å². The molecule has 0 bridgehead atoms. The van der Waals surface area contributed by atoms with E-state index >= 15 is 0 Å². The highest BCUT2D eigenvalue weighted by atomic mass is 32.2. The number of hydrogen-bond donors (Lipinski definition) is 0. The monoisotopic (exact) mass is 187 g/mol. The van der Waals surface area contributed by atoms with Crippen molar-refractivity contribution < 1.29 is 8.42 Å². The van der Waals surface area contributed by atoms with Gasteiger partial charge in [-0.15, -0.1) is 12.3 Å². The molecule has 1 fully saturated rings. The Morgan fingerprint density at radius 3 is 2.75 bits per heavy atom. The van der Waals surface area contributed by atoms with Gasteiger partial charge in [-0.1, -0.05) is 0 Å². The molecule has 0 spiro atoms. The fourth-order valence-corrected chi connectivity index (χ4v) is 2.87. The molecule has 0 aromatic heterocycles. The lowest BCUT2D eigenvalue weighted by molar-refractivity contribution is 0.438. The molecule has 1 rings (SSSR count). The van der Waals surface area contributed by atoms with Crippen molar-refractivity contribution in [1.82, 2.24) is 4.31 Å². The van der Waals surface area contributed by atoms with Crippen molar-refractivity contribution in [1.29, 1.82) is 0 Å². The summed E-state index contributed by atoms with van der Waals surface area (Å²) >= 11 is 0. The lowest BCUT2D eigenvalue weighted by atomic mass is 10.3. The van der Waals surface area contributed by atoms with Crippen LogP contribution in [0, 0.1) is 12.3 Å². The predicted octanol–water partition coefficient (Wildman–Crippen LogP) is 0.435. The standard InChI is InChI=1S/C8H13NO2S/c1-2-3-4-6-9-7-5-8-12(9,10)11/h1H,3-8H2. The van der Waals surface area contributed by atoms with E-state index in [9.17, 15) is 8.42 Å². The average molecular weight is 187 g/mol. The topological polar surface area (TPSA) is 37.4 Å². The lowest BCUT2D eigenvalue weighted by Crippen LogP contribution is -2.26. The van der Waals surface area contributed by atoms with Crippen molar-refractivity contribution in [3.05, 3.63) is 0 Å². The van der Waals surface area contributed by atoms with Gasteiger partial charge in [-0.25, -0.2) is 12.7 Å². The smallest absolute Gasteiger partial charge is 0.212 e. The quantitative estimate of drug-likeness (QED) is 0.475. The van der Waals surface area contributed by atoms with Gasteiger partial charge in [0, 0.05) is 19.5 Å². The van der Waals surface area contributed by atoms with Gasteiger partial charge in [-0.05, 0) is 12.8 Å². The van der Waals surface area contributed by atoms with E-state index in [-0.39, 0.29) is 0 Å². The highest BCUT2D eigenvalue weighted by Crippen LogP contribution is 2.13. The maximum absolute atomic E-state index is 11.2. The van der Waals surface area contributed by atoms with E-state index in [4.69, 9.17) is 6.42 Å². The summed E-state index contributed by atoms with van der Waals surface area (Å²) in [4.78, 5) is 0. The van der Waals surface area contributed by atoms with E-state index in [1.807, 2.05) is 0 Å². The Bertz CT molecular complexity index is 276. The largest absolute Gasteiger partial charge is 0.214 e. The number of terminal acetylenes is 1. The predicted molar refractivity (Wildman–Crippen MR) is 48.0 cm³/mol. The second-order valence-electron chi connectivity index (χ2n) is 2.88. The van der Waals surface area contributed by atoms with Crippen LogP contribution in [0.25, 0.3) is 0 Å². The molecule has 0 aliphatic carbocycles. The molecule has 0 radical (unpaired) electrons. The van der Waals surface area contributed by atoms with Crippen molar-refractivity contribution in [3.63, 3.8) is 0 Å². The Morgan fingerprint density at radius 1 is 1.50 bits per heavy atom. The summed E-state index contributed by atoms with van der Waals surface area (Å²) in [5.41, 5.74) is 0. The lowest BCUT2D eigenvalue weighted by Gasteiger charge is -2.12. The molecular weight excluding hydrogens is 174 g/mol. The van der Waals surface area contributed by atoms with E-state index in [1.165, 1.54) is 4.31 Å². The van der Waals surface area contributed by atoms with Gasteiger partial charge in [0.25, 0.3) is 0 Å². The zero-order chi connectivity index (χ0) is 9.03. The first-order chi connectivity index (χ1) is 5.67. The number of rotatable bonds is 3.